The van der Waals surface area contributed by atoms with Gasteiger partial charge in [-0.05, 0) is 49.7 Å². The van der Waals surface area contributed by atoms with Crippen LogP contribution >= 0.6 is 11.6 Å². The summed E-state index contributed by atoms with van der Waals surface area (Å²) in [5.41, 5.74) is 2.56. The molecule has 0 unspecified atom stereocenters. The van der Waals surface area contributed by atoms with Gasteiger partial charge in [-0.3, -0.25) is 14.2 Å². The van der Waals surface area contributed by atoms with Crippen molar-refractivity contribution >= 4 is 38.9 Å². The summed E-state index contributed by atoms with van der Waals surface area (Å²) in [5, 5.41) is 7.07. The van der Waals surface area contributed by atoms with E-state index in [2.05, 4.69) is 15.1 Å². The number of anilines is 2. The van der Waals surface area contributed by atoms with E-state index in [9.17, 15) is 13.2 Å². The number of aromatic nitrogens is 2. The normalized spacial score (nSPS) is 11.3. The molecule has 146 valence electrons. The van der Waals surface area contributed by atoms with Crippen LogP contribution in [0.25, 0.3) is 0 Å². The lowest BCUT2D eigenvalue weighted by atomic mass is 10.2. The first kappa shape index (κ1) is 19.9. The maximum Gasteiger partial charge on any atom is 0.275 e. The summed E-state index contributed by atoms with van der Waals surface area (Å²) in [4.78, 5) is 12.5. The van der Waals surface area contributed by atoms with Crippen molar-refractivity contribution in [3.05, 3.63) is 70.5 Å². The van der Waals surface area contributed by atoms with E-state index in [1.54, 1.807) is 26.1 Å². The van der Waals surface area contributed by atoms with Gasteiger partial charge >= 0.3 is 0 Å². The second-order valence-electron chi connectivity index (χ2n) is 6.27. The molecular formula is C19H19ClN4O3S. The van der Waals surface area contributed by atoms with Crippen LogP contribution in [0.4, 0.5) is 11.4 Å². The fourth-order valence-electron chi connectivity index (χ4n) is 2.68. The first-order valence-corrected chi connectivity index (χ1v) is 10.2. The molecule has 0 aliphatic carbocycles. The van der Waals surface area contributed by atoms with Crippen LogP contribution in [0.15, 0.2) is 53.4 Å². The van der Waals surface area contributed by atoms with Crippen LogP contribution in [0.3, 0.4) is 0 Å². The number of aryl methyl sites for hydroxylation is 3. The van der Waals surface area contributed by atoms with E-state index in [1.807, 2.05) is 19.1 Å². The van der Waals surface area contributed by atoms with Crippen LogP contribution in [0, 0.1) is 13.8 Å². The van der Waals surface area contributed by atoms with Crippen LogP contribution in [-0.2, 0) is 17.1 Å². The van der Waals surface area contributed by atoms with Gasteiger partial charge in [-0.1, -0.05) is 29.8 Å². The van der Waals surface area contributed by atoms with Crippen molar-refractivity contribution in [1.82, 2.24) is 9.78 Å². The van der Waals surface area contributed by atoms with Crippen LogP contribution in [0.2, 0.25) is 5.02 Å². The molecule has 9 heteroatoms. The lowest BCUT2D eigenvalue weighted by Crippen LogP contribution is -2.17. The monoisotopic (exact) mass is 418 g/mol. The summed E-state index contributed by atoms with van der Waals surface area (Å²) < 4.78 is 29.1. The highest BCUT2D eigenvalue weighted by Crippen LogP contribution is 2.23. The van der Waals surface area contributed by atoms with Gasteiger partial charge in [0.15, 0.2) is 0 Å². The second kappa shape index (κ2) is 7.65. The van der Waals surface area contributed by atoms with E-state index < -0.39 is 15.9 Å². The van der Waals surface area contributed by atoms with Gasteiger partial charge < -0.3 is 5.32 Å². The number of carbonyl (C=O) groups is 1. The summed E-state index contributed by atoms with van der Waals surface area (Å²) in [6.45, 7) is 3.53. The number of rotatable bonds is 5. The number of halogens is 1. The van der Waals surface area contributed by atoms with E-state index in [1.165, 1.54) is 28.9 Å². The maximum absolute atomic E-state index is 12.6. The zero-order chi connectivity index (χ0) is 20.5. The number of nitrogens with one attached hydrogen (secondary N) is 2. The summed E-state index contributed by atoms with van der Waals surface area (Å²) in [6, 6.07) is 13.0. The maximum atomic E-state index is 12.6. The largest absolute Gasteiger partial charge is 0.321 e. The molecule has 0 aliphatic heterocycles. The molecule has 0 fully saturated rings. The minimum atomic E-state index is -3.74. The van der Waals surface area contributed by atoms with E-state index in [0.717, 1.165) is 5.56 Å². The van der Waals surface area contributed by atoms with Gasteiger partial charge in [-0.2, -0.15) is 5.10 Å². The molecule has 3 rings (SSSR count). The molecule has 2 N–H and O–H groups in total. The van der Waals surface area contributed by atoms with E-state index in [-0.39, 0.29) is 15.6 Å². The third kappa shape index (κ3) is 4.02. The van der Waals surface area contributed by atoms with Crippen LogP contribution in [0.5, 0.6) is 0 Å². The smallest absolute Gasteiger partial charge is 0.275 e. The van der Waals surface area contributed by atoms with Gasteiger partial charge in [0.25, 0.3) is 15.9 Å². The Bertz CT molecular complexity index is 1140. The van der Waals surface area contributed by atoms with Gasteiger partial charge in [-0.25, -0.2) is 8.42 Å². The number of nitrogens with zero attached hydrogens (tertiary/aromatic N) is 2. The van der Waals surface area contributed by atoms with Gasteiger partial charge in [0.05, 0.1) is 21.3 Å². The Labute approximate surface area is 168 Å². The summed E-state index contributed by atoms with van der Waals surface area (Å²) in [7, 11) is -2.12. The van der Waals surface area contributed by atoms with Gasteiger partial charge in [-0.15, -0.1) is 0 Å². The number of para-hydroxylation sites is 1. The zero-order valence-electron chi connectivity index (χ0n) is 15.5. The fraction of sp³-hybridized carbons (Fsp3) is 0.158. The first-order chi connectivity index (χ1) is 13.2. The predicted octanol–water partition coefficient (Wildman–Crippen LogP) is 3.74. The van der Waals surface area contributed by atoms with Crippen LogP contribution in [-0.4, -0.2) is 24.1 Å². The van der Waals surface area contributed by atoms with Gasteiger partial charge in [0.1, 0.15) is 5.69 Å². The van der Waals surface area contributed by atoms with Gasteiger partial charge in [0.2, 0.25) is 0 Å². The SMILES string of the molecule is Cc1ccccc1NS(=O)(=O)c1ccc(NC(=O)c2c(Cl)c(C)nn2C)cc1. The first-order valence-electron chi connectivity index (χ1n) is 8.38. The lowest BCUT2D eigenvalue weighted by Gasteiger charge is -2.11. The molecule has 2 aromatic carbocycles. The van der Waals surface area contributed by atoms with Crippen molar-refractivity contribution in [2.45, 2.75) is 18.7 Å². The van der Waals surface area contributed by atoms with Crippen molar-refractivity contribution in [2.75, 3.05) is 10.0 Å². The van der Waals surface area contributed by atoms with Crippen molar-refractivity contribution < 1.29 is 13.2 Å². The molecule has 7 nitrogen and oxygen atoms in total. The second-order valence-corrected chi connectivity index (χ2v) is 8.33. The van der Waals surface area contributed by atoms with Crippen molar-refractivity contribution in [3.63, 3.8) is 0 Å². The lowest BCUT2D eigenvalue weighted by molar-refractivity contribution is 0.101. The molecule has 1 aromatic heterocycles. The van der Waals surface area contributed by atoms with Crippen LogP contribution in [0.1, 0.15) is 21.7 Å². The Morgan fingerprint density at radius 2 is 1.71 bits per heavy atom. The number of hydrogen-bond acceptors (Lipinski definition) is 4. The molecule has 0 bridgehead atoms. The molecule has 0 saturated carbocycles. The summed E-state index contributed by atoms with van der Waals surface area (Å²) in [5.74, 6) is -0.429. The zero-order valence-corrected chi connectivity index (χ0v) is 17.1. The molecule has 1 heterocycles. The van der Waals surface area contributed by atoms with Crippen molar-refractivity contribution in [2.24, 2.45) is 7.05 Å². The number of hydrogen-bond donors (Lipinski definition) is 2. The summed E-state index contributed by atoms with van der Waals surface area (Å²) >= 11 is 6.12. The molecule has 0 atom stereocenters. The molecule has 0 saturated heterocycles. The minimum absolute atomic E-state index is 0.0863. The van der Waals surface area contributed by atoms with E-state index in [4.69, 9.17) is 11.6 Å². The average molecular weight is 419 g/mol. The number of sulfonamides is 1. The Hall–Kier alpha value is -2.84. The molecular weight excluding hydrogens is 400 g/mol. The Balaban J connectivity index is 1.78. The number of amides is 1. The molecule has 0 aliphatic rings. The molecule has 0 spiro atoms. The Morgan fingerprint density at radius 3 is 2.29 bits per heavy atom. The highest BCUT2D eigenvalue weighted by atomic mass is 35.5. The van der Waals surface area contributed by atoms with E-state index in [0.29, 0.717) is 17.1 Å². The average Bonchev–Trinajstić information content (AvgIpc) is 2.89. The molecule has 1 amide bonds. The highest BCUT2D eigenvalue weighted by Gasteiger charge is 2.19. The van der Waals surface area contributed by atoms with Gasteiger partial charge in [0, 0.05) is 12.7 Å². The molecule has 3 aromatic rings. The number of benzene rings is 2. The topological polar surface area (TPSA) is 93.1 Å². The van der Waals surface area contributed by atoms with Crippen molar-refractivity contribution in [3.8, 4) is 0 Å². The third-order valence-corrected chi connectivity index (χ3v) is 6.01. The van der Waals surface area contributed by atoms with E-state index >= 15 is 0 Å². The minimum Gasteiger partial charge on any atom is -0.321 e. The Kier molecular flexibility index (Phi) is 5.44. The molecule has 28 heavy (non-hydrogen) atoms. The predicted molar refractivity (Wildman–Crippen MR) is 109 cm³/mol. The Morgan fingerprint density at radius 1 is 1.07 bits per heavy atom. The van der Waals surface area contributed by atoms with Crippen molar-refractivity contribution in [1.29, 1.82) is 0 Å². The third-order valence-electron chi connectivity index (χ3n) is 4.18. The van der Waals surface area contributed by atoms with Crippen LogP contribution < -0.4 is 10.0 Å². The fourth-order valence-corrected chi connectivity index (χ4v) is 4.05. The summed E-state index contributed by atoms with van der Waals surface area (Å²) in [6.07, 6.45) is 0. The standard InChI is InChI=1S/C19H19ClN4O3S/c1-12-6-4-5-7-16(12)23-28(26,27)15-10-8-14(9-11-15)21-19(25)18-17(20)13(2)22-24(18)3/h4-11,23H,1-3H3,(H,21,25). The molecule has 0 radical (unpaired) electrons. The highest BCUT2D eigenvalue weighted by molar-refractivity contribution is 7.92. The quantitative estimate of drug-likeness (QED) is 0.660. The number of carbonyl (C=O) groups excluding carboxylic acids is 1.